The van der Waals surface area contributed by atoms with E-state index in [1.165, 1.54) is 31.4 Å². The topological polar surface area (TPSA) is 94.1 Å². The molecule has 1 saturated heterocycles. The van der Waals surface area contributed by atoms with Gasteiger partial charge in [0.15, 0.2) is 5.82 Å². The lowest BCUT2D eigenvalue weighted by Crippen LogP contribution is -2.29. The van der Waals surface area contributed by atoms with Crippen molar-refractivity contribution in [1.29, 1.82) is 0 Å². The lowest BCUT2D eigenvalue weighted by Gasteiger charge is -2.24. The number of sulfonamides is 1. The number of nitrogens with two attached hydrogens (primary N) is 1. The zero-order valence-electron chi connectivity index (χ0n) is 16.2. The average molecular weight is 412 g/mol. The zero-order chi connectivity index (χ0) is 20.3. The van der Waals surface area contributed by atoms with Crippen LogP contribution in [0.1, 0.15) is 36.5 Å². The van der Waals surface area contributed by atoms with Gasteiger partial charge in [-0.25, -0.2) is 23.2 Å². The Morgan fingerprint density at radius 3 is 2.28 bits per heavy atom. The summed E-state index contributed by atoms with van der Waals surface area (Å²) in [4.78, 5) is 7.29. The fourth-order valence-electron chi connectivity index (χ4n) is 3.65. The van der Waals surface area contributed by atoms with Gasteiger partial charge in [0.2, 0.25) is 10.0 Å². The van der Waals surface area contributed by atoms with Crippen molar-refractivity contribution in [2.75, 3.05) is 13.1 Å². The SMILES string of the molecule is NS(=O)(=O)c1ccc(-n2nc(CN3CCCCC3)nc2Cc2ccccc2)cc1. The Bertz CT molecular complexity index is 1060. The summed E-state index contributed by atoms with van der Waals surface area (Å²) in [6.45, 7) is 2.88. The van der Waals surface area contributed by atoms with E-state index < -0.39 is 10.0 Å². The van der Waals surface area contributed by atoms with Gasteiger partial charge in [-0.15, -0.1) is 5.10 Å². The maximum absolute atomic E-state index is 11.6. The van der Waals surface area contributed by atoms with E-state index in [1.54, 1.807) is 16.8 Å². The minimum absolute atomic E-state index is 0.0829. The molecule has 0 bridgehead atoms. The van der Waals surface area contributed by atoms with E-state index in [1.807, 2.05) is 18.2 Å². The molecule has 7 nitrogen and oxygen atoms in total. The average Bonchev–Trinajstić information content (AvgIpc) is 3.11. The Morgan fingerprint density at radius 2 is 1.62 bits per heavy atom. The van der Waals surface area contributed by atoms with Crippen molar-refractivity contribution in [3.8, 4) is 5.69 Å². The number of aromatic nitrogens is 3. The summed E-state index contributed by atoms with van der Waals surface area (Å²) < 4.78 is 24.9. The molecule has 2 heterocycles. The van der Waals surface area contributed by atoms with E-state index in [0.29, 0.717) is 6.42 Å². The highest BCUT2D eigenvalue weighted by Gasteiger charge is 2.17. The molecule has 1 aliphatic heterocycles. The molecule has 0 radical (unpaired) electrons. The third kappa shape index (κ3) is 4.90. The molecule has 3 aromatic rings. The summed E-state index contributed by atoms with van der Waals surface area (Å²) in [5.74, 6) is 1.61. The summed E-state index contributed by atoms with van der Waals surface area (Å²) >= 11 is 0. The van der Waals surface area contributed by atoms with Crippen LogP contribution in [0.3, 0.4) is 0 Å². The molecule has 0 saturated carbocycles. The maximum atomic E-state index is 11.6. The molecule has 0 spiro atoms. The molecule has 4 rings (SSSR count). The summed E-state index contributed by atoms with van der Waals surface area (Å²) in [5, 5.41) is 9.96. The van der Waals surface area contributed by atoms with Gasteiger partial charge in [-0.3, -0.25) is 4.90 Å². The molecule has 2 N–H and O–H groups in total. The number of nitrogens with zero attached hydrogens (tertiary/aromatic N) is 4. The standard InChI is InChI=1S/C21H25N5O2S/c22-29(27,28)19-11-9-18(10-12-19)26-21(15-17-7-3-1-4-8-17)23-20(24-26)16-25-13-5-2-6-14-25/h1,3-4,7-12H,2,5-6,13-16H2,(H2,22,27,28). The van der Waals surface area contributed by atoms with Crippen molar-refractivity contribution >= 4 is 10.0 Å². The predicted molar refractivity (Wildman–Crippen MR) is 111 cm³/mol. The third-order valence-corrected chi connectivity index (χ3v) is 6.08. The monoisotopic (exact) mass is 411 g/mol. The van der Waals surface area contributed by atoms with Crippen LogP contribution in [0.4, 0.5) is 0 Å². The van der Waals surface area contributed by atoms with Crippen LogP contribution in [0.5, 0.6) is 0 Å². The van der Waals surface area contributed by atoms with Gasteiger partial charge in [-0.2, -0.15) is 0 Å². The molecule has 8 heteroatoms. The van der Waals surface area contributed by atoms with Gasteiger partial charge in [-0.1, -0.05) is 36.8 Å². The Labute approximate surface area is 171 Å². The maximum Gasteiger partial charge on any atom is 0.238 e. The molecule has 0 unspecified atom stereocenters. The Kier molecular flexibility index (Phi) is 5.75. The number of benzene rings is 2. The van der Waals surface area contributed by atoms with Gasteiger partial charge < -0.3 is 0 Å². The van der Waals surface area contributed by atoms with Crippen LogP contribution in [0.15, 0.2) is 59.5 Å². The van der Waals surface area contributed by atoms with Gasteiger partial charge in [-0.05, 0) is 55.8 Å². The number of primary sulfonamides is 1. The van der Waals surface area contributed by atoms with Gasteiger partial charge >= 0.3 is 0 Å². The molecule has 29 heavy (non-hydrogen) atoms. The van der Waals surface area contributed by atoms with Crippen molar-refractivity contribution in [2.24, 2.45) is 5.14 Å². The summed E-state index contributed by atoms with van der Waals surface area (Å²) in [7, 11) is -3.73. The smallest absolute Gasteiger partial charge is 0.238 e. The van der Waals surface area contributed by atoms with Crippen LogP contribution < -0.4 is 5.14 Å². The Balaban J connectivity index is 1.66. The number of likely N-dealkylation sites (tertiary alicyclic amines) is 1. The van der Waals surface area contributed by atoms with Gasteiger partial charge in [0, 0.05) is 6.42 Å². The number of piperidine rings is 1. The van der Waals surface area contributed by atoms with E-state index in [-0.39, 0.29) is 4.90 Å². The van der Waals surface area contributed by atoms with E-state index in [9.17, 15) is 8.42 Å². The molecule has 1 aromatic heterocycles. The minimum atomic E-state index is -3.73. The van der Waals surface area contributed by atoms with Crippen molar-refractivity contribution in [2.45, 2.75) is 37.1 Å². The van der Waals surface area contributed by atoms with Crippen LogP contribution >= 0.6 is 0 Å². The number of hydrogen-bond acceptors (Lipinski definition) is 5. The Morgan fingerprint density at radius 1 is 0.931 bits per heavy atom. The van der Waals surface area contributed by atoms with Crippen LogP contribution in [0.2, 0.25) is 0 Å². The first-order chi connectivity index (χ1) is 14.0. The summed E-state index contributed by atoms with van der Waals surface area (Å²) in [6.07, 6.45) is 4.36. The second-order valence-electron chi connectivity index (χ2n) is 7.39. The van der Waals surface area contributed by atoms with Crippen LogP contribution in [-0.4, -0.2) is 41.2 Å². The molecule has 152 valence electrons. The number of rotatable bonds is 6. The number of hydrogen-bond donors (Lipinski definition) is 1. The van der Waals surface area contributed by atoms with Crippen LogP contribution in [0.25, 0.3) is 5.69 Å². The molecule has 1 fully saturated rings. The zero-order valence-corrected chi connectivity index (χ0v) is 17.1. The summed E-state index contributed by atoms with van der Waals surface area (Å²) in [5.41, 5.74) is 1.91. The largest absolute Gasteiger partial charge is 0.296 e. The van der Waals surface area contributed by atoms with Crippen molar-refractivity contribution in [3.63, 3.8) is 0 Å². The van der Waals surface area contributed by atoms with Gasteiger partial charge in [0.1, 0.15) is 5.82 Å². The second kappa shape index (κ2) is 8.44. The fraction of sp³-hybridized carbons (Fsp3) is 0.333. The molecule has 0 atom stereocenters. The molecule has 1 aliphatic rings. The molecule has 2 aromatic carbocycles. The van der Waals surface area contributed by atoms with Crippen molar-refractivity contribution in [3.05, 3.63) is 71.8 Å². The molecule has 0 amide bonds. The van der Waals surface area contributed by atoms with Crippen LogP contribution in [-0.2, 0) is 23.0 Å². The lowest BCUT2D eigenvalue weighted by atomic mass is 10.1. The first-order valence-corrected chi connectivity index (χ1v) is 11.4. The Hall–Kier alpha value is -2.55. The summed E-state index contributed by atoms with van der Waals surface area (Å²) in [6, 6.07) is 16.6. The fourth-order valence-corrected chi connectivity index (χ4v) is 4.17. The highest BCUT2D eigenvalue weighted by Crippen LogP contribution is 2.18. The first kappa shape index (κ1) is 19.8. The van der Waals surface area contributed by atoms with E-state index in [0.717, 1.165) is 42.5 Å². The van der Waals surface area contributed by atoms with Crippen molar-refractivity contribution < 1.29 is 8.42 Å². The predicted octanol–water partition coefficient (Wildman–Crippen LogP) is 2.49. The van der Waals surface area contributed by atoms with Crippen LogP contribution in [0, 0.1) is 0 Å². The van der Waals surface area contributed by atoms with E-state index >= 15 is 0 Å². The lowest BCUT2D eigenvalue weighted by molar-refractivity contribution is 0.216. The molecular formula is C21H25N5O2S. The first-order valence-electron chi connectivity index (χ1n) is 9.83. The van der Waals surface area contributed by atoms with E-state index in [2.05, 4.69) is 17.0 Å². The van der Waals surface area contributed by atoms with Gasteiger partial charge in [0.25, 0.3) is 0 Å². The van der Waals surface area contributed by atoms with Gasteiger partial charge in [0.05, 0.1) is 17.1 Å². The quantitative estimate of drug-likeness (QED) is 0.673. The highest BCUT2D eigenvalue weighted by atomic mass is 32.2. The normalized spacial score (nSPS) is 15.5. The van der Waals surface area contributed by atoms with E-state index in [4.69, 9.17) is 15.2 Å². The third-order valence-electron chi connectivity index (χ3n) is 5.15. The molecule has 0 aliphatic carbocycles. The highest BCUT2D eigenvalue weighted by molar-refractivity contribution is 7.89. The molecular weight excluding hydrogens is 386 g/mol. The van der Waals surface area contributed by atoms with Crippen molar-refractivity contribution in [1.82, 2.24) is 19.7 Å². The minimum Gasteiger partial charge on any atom is -0.296 e. The second-order valence-corrected chi connectivity index (χ2v) is 8.96.